The topological polar surface area (TPSA) is 218 Å². The van der Waals surface area contributed by atoms with E-state index >= 15 is 0 Å². The molecule has 5 N–H and O–H groups in total. The molecule has 3 aromatic heterocycles. The number of aliphatic hydroxyl groups excluding tert-OH is 1. The second kappa shape index (κ2) is 11.8. The molecule has 0 saturated carbocycles. The van der Waals surface area contributed by atoms with Crippen molar-refractivity contribution in [3.63, 3.8) is 0 Å². The Balaban J connectivity index is 1.51. The van der Waals surface area contributed by atoms with Crippen LogP contribution >= 0.6 is 0 Å². The van der Waals surface area contributed by atoms with Crippen molar-refractivity contribution in [2.24, 2.45) is 5.92 Å². The highest BCUT2D eigenvalue weighted by Gasteiger charge is 2.51. The average molecular weight is 567 g/mol. The molecule has 4 aromatic rings. The van der Waals surface area contributed by atoms with Gasteiger partial charge in [0.2, 0.25) is 11.8 Å². The highest BCUT2D eigenvalue weighted by Crippen LogP contribution is 2.46. The number of aliphatic carboxylic acids is 1. The standard InChI is InChI=1S/C25H30N10O6/c1-3-35-32-22(31-33-35)20-19(40-13(2)37)16(10-17(38)39)24(41-20)34-12-27-18-21(26)29-25(30-23(18)34)28-15(11-36)9-14-7-5-4-6-8-14/h4-8,12,15-16,19-20,24,36H,3,9-11H2,1-2H3,(H,38,39)(H3,26,28,29,30)/t15-,16-,19-,20-,24+/m0/s1. The van der Waals surface area contributed by atoms with Crippen LogP contribution in [-0.4, -0.2) is 80.6 Å². The number of nitrogens with zero attached hydrogens (tertiary/aromatic N) is 8. The molecule has 216 valence electrons. The Hall–Kier alpha value is -4.70. The van der Waals surface area contributed by atoms with Crippen LogP contribution in [0, 0.1) is 5.92 Å². The van der Waals surface area contributed by atoms with Gasteiger partial charge in [0.15, 0.2) is 17.6 Å². The van der Waals surface area contributed by atoms with Gasteiger partial charge in [0.05, 0.1) is 37.9 Å². The Labute approximate surface area is 233 Å². The van der Waals surface area contributed by atoms with Crippen molar-refractivity contribution in [3.8, 4) is 0 Å². The maximum atomic E-state index is 12.1. The van der Waals surface area contributed by atoms with Crippen LogP contribution in [0.3, 0.4) is 0 Å². The summed E-state index contributed by atoms with van der Waals surface area (Å²) in [6.07, 6.45) is -1.54. The Morgan fingerprint density at radius 2 is 2.02 bits per heavy atom. The highest BCUT2D eigenvalue weighted by atomic mass is 16.6. The minimum Gasteiger partial charge on any atom is -0.481 e. The molecule has 0 spiro atoms. The number of nitrogens with two attached hydrogens (primary N) is 1. The van der Waals surface area contributed by atoms with E-state index in [4.69, 9.17) is 15.2 Å². The first-order chi connectivity index (χ1) is 19.8. The van der Waals surface area contributed by atoms with E-state index in [1.807, 2.05) is 37.3 Å². The highest BCUT2D eigenvalue weighted by molar-refractivity contribution is 5.83. The Morgan fingerprint density at radius 3 is 2.68 bits per heavy atom. The number of carboxylic acid groups (broad SMARTS) is 1. The van der Waals surface area contributed by atoms with Gasteiger partial charge in [-0.2, -0.15) is 14.8 Å². The van der Waals surface area contributed by atoms with Crippen LogP contribution in [0.5, 0.6) is 0 Å². The molecule has 5 rings (SSSR count). The molecule has 0 unspecified atom stereocenters. The van der Waals surface area contributed by atoms with Gasteiger partial charge in [0.1, 0.15) is 17.8 Å². The van der Waals surface area contributed by atoms with Crippen molar-refractivity contribution < 1.29 is 29.3 Å². The average Bonchev–Trinajstić information content (AvgIpc) is 3.66. The van der Waals surface area contributed by atoms with E-state index in [2.05, 4.69) is 35.7 Å². The molecule has 16 nitrogen and oxygen atoms in total. The fourth-order valence-electron chi connectivity index (χ4n) is 4.89. The number of hydrogen-bond acceptors (Lipinski definition) is 13. The molecule has 5 atom stereocenters. The number of carbonyl (C=O) groups excluding carboxylic acids is 1. The van der Waals surface area contributed by atoms with Crippen molar-refractivity contribution in [1.82, 2.24) is 39.7 Å². The van der Waals surface area contributed by atoms with E-state index in [1.54, 1.807) is 0 Å². The molecule has 1 aliphatic rings. The number of aromatic nitrogens is 8. The third-order valence-electron chi connectivity index (χ3n) is 6.69. The molecular formula is C25H30N10O6. The smallest absolute Gasteiger partial charge is 0.303 e. The lowest BCUT2D eigenvalue weighted by Gasteiger charge is -2.22. The summed E-state index contributed by atoms with van der Waals surface area (Å²) < 4.78 is 13.4. The van der Waals surface area contributed by atoms with Gasteiger partial charge in [-0.15, -0.1) is 10.2 Å². The molecule has 0 amide bonds. The number of tetrazole rings is 1. The van der Waals surface area contributed by atoms with Crippen LogP contribution in [0.2, 0.25) is 0 Å². The van der Waals surface area contributed by atoms with Crippen LogP contribution < -0.4 is 11.1 Å². The number of aryl methyl sites for hydroxylation is 1. The zero-order valence-corrected chi connectivity index (χ0v) is 22.4. The maximum absolute atomic E-state index is 12.1. The number of hydrogen-bond donors (Lipinski definition) is 4. The van der Waals surface area contributed by atoms with E-state index < -0.39 is 48.8 Å². The molecule has 1 aliphatic heterocycles. The van der Waals surface area contributed by atoms with Gasteiger partial charge in [0.25, 0.3) is 0 Å². The molecule has 0 radical (unpaired) electrons. The molecule has 1 aromatic carbocycles. The van der Waals surface area contributed by atoms with E-state index in [1.165, 1.54) is 22.6 Å². The van der Waals surface area contributed by atoms with E-state index in [0.717, 1.165) is 5.56 Å². The van der Waals surface area contributed by atoms with Crippen LogP contribution in [0.25, 0.3) is 11.2 Å². The number of rotatable bonds is 11. The number of esters is 1. The third-order valence-corrected chi connectivity index (χ3v) is 6.69. The number of nitrogen functional groups attached to an aromatic ring is 1. The largest absolute Gasteiger partial charge is 0.481 e. The van der Waals surface area contributed by atoms with Gasteiger partial charge >= 0.3 is 11.9 Å². The first kappa shape index (κ1) is 27.9. The van der Waals surface area contributed by atoms with Gasteiger partial charge < -0.3 is 30.7 Å². The summed E-state index contributed by atoms with van der Waals surface area (Å²) in [6, 6.07) is 9.20. The number of carboxylic acids is 1. The molecule has 16 heteroatoms. The minimum atomic E-state index is -1.13. The SMILES string of the molecule is CCn1nnc([C@H]2O[C@@H](n3cnc4c(N)nc(N[C@H](CO)Cc5ccccc5)nc43)[C@@H](CC(=O)O)[C@@H]2OC(C)=O)n1. The minimum absolute atomic E-state index is 0.0704. The normalized spacial score (nSPS) is 21.1. The fourth-order valence-corrected chi connectivity index (χ4v) is 4.89. The number of imidazole rings is 1. The molecule has 1 saturated heterocycles. The van der Waals surface area contributed by atoms with E-state index in [9.17, 15) is 19.8 Å². The molecule has 41 heavy (non-hydrogen) atoms. The summed E-state index contributed by atoms with van der Waals surface area (Å²) in [6.45, 7) is 3.30. The number of carbonyl (C=O) groups is 2. The Kier molecular flexibility index (Phi) is 8.02. The van der Waals surface area contributed by atoms with Gasteiger partial charge in [-0.05, 0) is 24.1 Å². The summed E-state index contributed by atoms with van der Waals surface area (Å²) in [5, 5.41) is 35.1. The number of aliphatic hydroxyl groups is 1. The summed E-state index contributed by atoms with van der Waals surface area (Å²) >= 11 is 0. The zero-order valence-electron chi connectivity index (χ0n) is 22.4. The van der Waals surface area contributed by atoms with Gasteiger partial charge in [0, 0.05) is 6.92 Å². The number of ether oxygens (including phenoxy) is 2. The van der Waals surface area contributed by atoms with Crippen LogP contribution in [0.4, 0.5) is 11.8 Å². The lowest BCUT2D eigenvalue weighted by molar-refractivity contribution is -0.153. The van der Waals surface area contributed by atoms with Crippen molar-refractivity contribution >= 4 is 34.9 Å². The number of anilines is 2. The van der Waals surface area contributed by atoms with Gasteiger partial charge in [-0.3, -0.25) is 14.2 Å². The summed E-state index contributed by atoms with van der Waals surface area (Å²) in [5.41, 5.74) is 7.74. The first-order valence-electron chi connectivity index (χ1n) is 13.0. The van der Waals surface area contributed by atoms with Crippen molar-refractivity contribution in [2.75, 3.05) is 17.7 Å². The van der Waals surface area contributed by atoms with E-state index in [0.29, 0.717) is 13.0 Å². The first-order valence-corrected chi connectivity index (χ1v) is 13.0. The monoisotopic (exact) mass is 566 g/mol. The quantitative estimate of drug-likeness (QED) is 0.184. The second-order valence-corrected chi connectivity index (χ2v) is 9.59. The van der Waals surface area contributed by atoms with Gasteiger partial charge in [-0.1, -0.05) is 30.3 Å². The summed E-state index contributed by atoms with van der Waals surface area (Å²) in [4.78, 5) is 38.5. The molecule has 4 heterocycles. The molecule has 0 bridgehead atoms. The summed E-state index contributed by atoms with van der Waals surface area (Å²) in [5.74, 6) is -2.27. The maximum Gasteiger partial charge on any atom is 0.303 e. The van der Waals surface area contributed by atoms with E-state index in [-0.39, 0.29) is 35.4 Å². The van der Waals surface area contributed by atoms with Crippen molar-refractivity contribution in [3.05, 3.63) is 48.0 Å². The van der Waals surface area contributed by atoms with Gasteiger partial charge in [-0.25, -0.2) is 4.98 Å². The fraction of sp³-hybridized carbons (Fsp3) is 0.440. The number of nitrogens with one attached hydrogen (secondary N) is 1. The van der Waals surface area contributed by atoms with Crippen molar-refractivity contribution in [1.29, 1.82) is 0 Å². The lowest BCUT2D eigenvalue weighted by atomic mass is 9.95. The third kappa shape index (κ3) is 5.92. The predicted octanol–water partition coefficient (Wildman–Crippen LogP) is 0.723. The van der Waals surface area contributed by atoms with Crippen LogP contribution in [0.1, 0.15) is 44.0 Å². The zero-order chi connectivity index (χ0) is 29.1. The number of fused-ring (bicyclic) bond motifs is 1. The Morgan fingerprint density at radius 1 is 1.24 bits per heavy atom. The predicted molar refractivity (Wildman–Crippen MR) is 142 cm³/mol. The van der Waals surface area contributed by atoms with Crippen LogP contribution in [-0.2, 0) is 32.0 Å². The Bertz CT molecular complexity index is 1530. The molecule has 1 fully saturated rings. The second-order valence-electron chi connectivity index (χ2n) is 9.59. The molecule has 0 aliphatic carbocycles. The summed E-state index contributed by atoms with van der Waals surface area (Å²) in [7, 11) is 0. The van der Waals surface area contributed by atoms with Crippen LogP contribution in [0.15, 0.2) is 36.7 Å². The van der Waals surface area contributed by atoms with Crippen molar-refractivity contribution in [2.45, 2.75) is 57.7 Å². The lowest BCUT2D eigenvalue weighted by Crippen LogP contribution is -2.31. The molecular weight excluding hydrogens is 536 g/mol. The number of benzene rings is 1.